The van der Waals surface area contributed by atoms with Crippen LogP contribution in [-0.2, 0) is 0 Å². The van der Waals surface area contributed by atoms with Crippen LogP contribution in [0.3, 0.4) is 0 Å². The zero-order chi connectivity index (χ0) is 17.4. The molecule has 0 saturated heterocycles. The third-order valence-corrected chi connectivity index (χ3v) is 17.1. The Morgan fingerprint density at radius 1 is 0.696 bits per heavy atom. The van der Waals surface area contributed by atoms with Crippen LogP contribution in [-0.4, -0.2) is 43.9 Å². The van der Waals surface area contributed by atoms with Crippen molar-refractivity contribution in [2.24, 2.45) is 0 Å². The molecule has 128 valence electrons. The van der Waals surface area contributed by atoms with Gasteiger partial charge in [0, 0.05) is 0 Å². The van der Waals surface area contributed by atoms with E-state index in [-0.39, 0.29) is 0 Å². The third-order valence-electron chi connectivity index (χ3n) is 4.03. The van der Waals surface area contributed by atoms with E-state index in [4.69, 9.17) is 0 Å². The first kappa shape index (κ1) is 22.4. The normalized spacial score (nSPS) is 10.2. The molecule has 0 saturated carbocycles. The second kappa shape index (κ2) is 15.0. The summed E-state index contributed by atoms with van der Waals surface area (Å²) in [7, 11) is 4.03. The van der Waals surface area contributed by atoms with Crippen molar-refractivity contribution in [1.82, 2.24) is 4.90 Å². The van der Waals surface area contributed by atoms with E-state index in [1.165, 1.54) is 51.8 Å². The Balaban J connectivity index is 4.98. The van der Waals surface area contributed by atoms with Gasteiger partial charge in [-0.25, -0.2) is 0 Å². The molecule has 0 fully saturated rings. The van der Waals surface area contributed by atoms with Crippen molar-refractivity contribution in [2.75, 3.05) is 20.6 Å². The summed E-state index contributed by atoms with van der Waals surface area (Å²) in [6.45, 7) is 7.65. The van der Waals surface area contributed by atoms with E-state index in [0.29, 0.717) is 0 Å². The van der Waals surface area contributed by atoms with Crippen LogP contribution in [0.1, 0.15) is 59.3 Å². The van der Waals surface area contributed by atoms with E-state index < -0.39 is 18.4 Å². The molecule has 0 heterocycles. The topological polar surface area (TPSA) is 3.24 Å². The van der Waals surface area contributed by atoms with E-state index >= 15 is 0 Å². The zero-order valence-electron chi connectivity index (χ0n) is 16.0. The van der Waals surface area contributed by atoms with Crippen molar-refractivity contribution < 1.29 is 0 Å². The summed E-state index contributed by atoms with van der Waals surface area (Å²) in [4.78, 5) is 2.04. The van der Waals surface area contributed by atoms with Gasteiger partial charge in [0.2, 0.25) is 0 Å². The van der Waals surface area contributed by atoms with Gasteiger partial charge in [-0.05, 0) is 0 Å². The van der Waals surface area contributed by atoms with Gasteiger partial charge in [-0.1, -0.05) is 0 Å². The second-order valence-corrected chi connectivity index (χ2v) is 18.9. The maximum atomic E-state index is 3.75. The summed E-state index contributed by atoms with van der Waals surface area (Å²) in [5, 5.41) is 0. The van der Waals surface area contributed by atoms with Gasteiger partial charge in [-0.15, -0.1) is 0 Å². The van der Waals surface area contributed by atoms with Crippen LogP contribution >= 0.6 is 0 Å². The first-order chi connectivity index (χ1) is 11.1. The molecule has 0 aromatic heterocycles. The fourth-order valence-corrected chi connectivity index (χ4v) is 15.5. The van der Waals surface area contributed by atoms with Gasteiger partial charge in [-0.3, -0.25) is 0 Å². The third kappa shape index (κ3) is 12.5. The molecule has 0 aliphatic carbocycles. The van der Waals surface area contributed by atoms with Crippen LogP contribution in [0, 0.1) is 33.5 Å². The van der Waals surface area contributed by atoms with Gasteiger partial charge < -0.3 is 0 Å². The van der Waals surface area contributed by atoms with E-state index in [1.54, 1.807) is 0 Å². The van der Waals surface area contributed by atoms with Crippen molar-refractivity contribution in [3.63, 3.8) is 0 Å². The van der Waals surface area contributed by atoms with Gasteiger partial charge in [0.25, 0.3) is 0 Å². The molecule has 0 spiro atoms. The van der Waals surface area contributed by atoms with Crippen LogP contribution in [0.25, 0.3) is 0 Å². The Labute approximate surface area is 149 Å². The summed E-state index contributed by atoms with van der Waals surface area (Å²) in [6, 6.07) is 0. The Morgan fingerprint density at radius 2 is 1.17 bits per heavy atom. The predicted octanol–water partition coefficient (Wildman–Crippen LogP) is 4.95. The Kier molecular flexibility index (Phi) is 14.6. The molecule has 0 N–H and O–H groups in total. The zero-order valence-corrected chi connectivity index (χ0v) is 18.9. The van der Waals surface area contributed by atoms with Crippen LogP contribution in [0.15, 0.2) is 0 Å². The SMILES string of the molecule is CCC[CH2][Sn]([C]#CC#CC#CCN(C)C)([CH2]CCC)[CH2]CCC. The van der Waals surface area contributed by atoms with Crippen molar-refractivity contribution >= 4 is 18.4 Å². The van der Waals surface area contributed by atoms with Gasteiger partial charge >= 0.3 is 150 Å². The minimum absolute atomic E-state index is 0.759. The Hall–Kier alpha value is -0.561. The van der Waals surface area contributed by atoms with E-state index in [0.717, 1.165) is 6.54 Å². The standard InChI is InChI=1S/C9H8N.3C4H9.Sn/c1-4-5-6-7-8-9-10(2)3;3*1-3-4-2;/h9H2,2-3H3;3*1,3-4H2,2H3;. The van der Waals surface area contributed by atoms with Crippen molar-refractivity contribution in [3.05, 3.63) is 0 Å². The number of hydrogen-bond acceptors (Lipinski definition) is 1. The fraction of sp³-hybridized carbons (Fsp3) is 0.714. The molecule has 0 aromatic carbocycles. The molecule has 0 aliphatic heterocycles. The quantitative estimate of drug-likeness (QED) is 0.357. The number of hydrogen-bond donors (Lipinski definition) is 0. The van der Waals surface area contributed by atoms with Crippen LogP contribution in [0.4, 0.5) is 0 Å². The van der Waals surface area contributed by atoms with E-state index in [9.17, 15) is 0 Å². The van der Waals surface area contributed by atoms with Crippen molar-refractivity contribution in [2.45, 2.75) is 72.6 Å². The van der Waals surface area contributed by atoms with Crippen molar-refractivity contribution in [3.8, 4) is 33.5 Å². The monoisotopic (exact) mass is 421 g/mol. The van der Waals surface area contributed by atoms with Gasteiger partial charge in [0.15, 0.2) is 0 Å². The van der Waals surface area contributed by atoms with E-state index in [2.05, 4.69) is 54.3 Å². The molecule has 1 nitrogen and oxygen atoms in total. The number of rotatable bonds is 10. The van der Waals surface area contributed by atoms with Crippen molar-refractivity contribution in [1.29, 1.82) is 0 Å². The molecule has 23 heavy (non-hydrogen) atoms. The summed E-state index contributed by atoms with van der Waals surface area (Å²) >= 11 is -2.30. The summed E-state index contributed by atoms with van der Waals surface area (Å²) < 4.78 is 8.01. The van der Waals surface area contributed by atoms with Crippen LogP contribution in [0.5, 0.6) is 0 Å². The fourth-order valence-electron chi connectivity index (χ4n) is 2.58. The van der Waals surface area contributed by atoms with E-state index in [1.807, 2.05) is 19.0 Å². The summed E-state index contributed by atoms with van der Waals surface area (Å²) in [5.41, 5.74) is 0. The average molecular weight is 420 g/mol. The molecule has 2 heteroatoms. The molecule has 0 bridgehead atoms. The molecule has 0 aliphatic rings. The molecule has 0 aromatic rings. The molecular formula is C21H35NSn. The first-order valence-corrected chi connectivity index (χ1v) is 16.7. The Bertz CT molecular complexity index is 451. The van der Waals surface area contributed by atoms with Crippen LogP contribution in [0.2, 0.25) is 13.3 Å². The molecule has 0 unspecified atom stereocenters. The second-order valence-electron chi connectivity index (χ2n) is 6.63. The number of unbranched alkanes of at least 4 members (excludes halogenated alkanes) is 3. The minimum atomic E-state index is -2.30. The Morgan fingerprint density at radius 3 is 1.61 bits per heavy atom. The molecule has 0 rings (SSSR count). The predicted molar refractivity (Wildman–Crippen MR) is 107 cm³/mol. The average Bonchev–Trinajstić information content (AvgIpc) is 2.54. The molecule has 0 radical (unpaired) electrons. The van der Waals surface area contributed by atoms with Gasteiger partial charge in [0.1, 0.15) is 0 Å². The molecule has 0 amide bonds. The van der Waals surface area contributed by atoms with Gasteiger partial charge in [0.05, 0.1) is 0 Å². The van der Waals surface area contributed by atoms with Gasteiger partial charge in [-0.2, -0.15) is 0 Å². The van der Waals surface area contributed by atoms with Crippen LogP contribution < -0.4 is 0 Å². The molecular weight excluding hydrogens is 385 g/mol. The first-order valence-electron chi connectivity index (χ1n) is 9.25. The maximum absolute atomic E-state index is 3.75. The summed E-state index contributed by atoms with van der Waals surface area (Å²) in [6.07, 6.45) is 7.94. The summed E-state index contributed by atoms with van der Waals surface area (Å²) in [5.74, 6) is 15.0. The number of nitrogens with zero attached hydrogens (tertiary/aromatic N) is 1. The molecule has 0 atom stereocenters.